The minimum Gasteiger partial charge on any atom is -0.397 e. The van der Waals surface area contributed by atoms with Gasteiger partial charge in [0.1, 0.15) is 16.2 Å². The van der Waals surface area contributed by atoms with Crippen molar-refractivity contribution in [3.05, 3.63) is 39.6 Å². The van der Waals surface area contributed by atoms with E-state index < -0.39 is 0 Å². The molecule has 138 valence electrons. The molecule has 1 aliphatic heterocycles. The lowest BCUT2D eigenvalue weighted by molar-refractivity contribution is 0.595. The summed E-state index contributed by atoms with van der Waals surface area (Å²) in [6, 6.07) is 5.98. The topological polar surface area (TPSA) is 112 Å². The van der Waals surface area contributed by atoms with Crippen molar-refractivity contribution in [1.82, 2.24) is 25.3 Å². The highest BCUT2D eigenvalue weighted by Crippen LogP contribution is 2.31. The molecule has 5 rings (SSSR count). The van der Waals surface area contributed by atoms with Crippen LogP contribution in [0.1, 0.15) is 30.9 Å². The molecule has 0 aliphatic carbocycles. The largest absolute Gasteiger partial charge is 0.397 e. The van der Waals surface area contributed by atoms with Crippen molar-refractivity contribution in [1.29, 1.82) is 0 Å². The minimum absolute atomic E-state index is 0.239. The van der Waals surface area contributed by atoms with Crippen molar-refractivity contribution in [3.8, 4) is 11.4 Å². The predicted octanol–water partition coefficient (Wildman–Crippen LogP) is 2.97. The molecule has 1 unspecified atom stereocenters. The molecule has 5 N–H and O–H groups in total. The fraction of sp³-hybridized carbons (Fsp3) is 0.316. The van der Waals surface area contributed by atoms with Crippen LogP contribution in [0.3, 0.4) is 0 Å². The van der Waals surface area contributed by atoms with E-state index >= 15 is 0 Å². The Morgan fingerprint density at radius 1 is 1.11 bits per heavy atom. The zero-order valence-corrected chi connectivity index (χ0v) is 15.5. The van der Waals surface area contributed by atoms with Crippen LogP contribution in [0.25, 0.3) is 32.8 Å². The Morgan fingerprint density at radius 3 is 2.96 bits per heavy atom. The van der Waals surface area contributed by atoms with Crippen LogP contribution in [-0.4, -0.2) is 33.0 Å². The van der Waals surface area contributed by atoms with Gasteiger partial charge in [0.2, 0.25) is 0 Å². The van der Waals surface area contributed by atoms with Crippen LogP contribution in [-0.2, 0) is 0 Å². The monoisotopic (exact) mass is 380 g/mol. The Balaban J connectivity index is 1.60. The molecule has 0 bridgehead atoms. The van der Waals surface area contributed by atoms with Gasteiger partial charge in [-0.15, -0.1) is 11.3 Å². The van der Waals surface area contributed by atoms with Gasteiger partial charge in [-0.25, -0.2) is 9.97 Å². The van der Waals surface area contributed by atoms with Crippen LogP contribution < -0.4 is 16.6 Å². The number of H-pyrrole nitrogens is 2. The molecule has 5 heterocycles. The molecule has 0 spiro atoms. The molecule has 1 aliphatic rings. The molecule has 7 nitrogen and oxygen atoms in total. The quantitative estimate of drug-likeness (QED) is 0.427. The Bertz CT molecular complexity index is 1180. The number of imidazole rings is 1. The van der Waals surface area contributed by atoms with E-state index in [1.54, 1.807) is 0 Å². The first-order valence-electron chi connectivity index (χ1n) is 9.17. The zero-order valence-electron chi connectivity index (χ0n) is 14.7. The average Bonchev–Trinajstić information content (AvgIpc) is 3.20. The molecule has 1 saturated heterocycles. The summed E-state index contributed by atoms with van der Waals surface area (Å²) in [5.74, 6) is 0.907. The second-order valence-corrected chi connectivity index (χ2v) is 7.89. The van der Waals surface area contributed by atoms with Gasteiger partial charge in [-0.05, 0) is 55.9 Å². The van der Waals surface area contributed by atoms with E-state index in [0.29, 0.717) is 28.6 Å². The summed E-state index contributed by atoms with van der Waals surface area (Å²) >= 11 is 1.46. The predicted molar refractivity (Wildman–Crippen MR) is 109 cm³/mol. The van der Waals surface area contributed by atoms with E-state index in [1.807, 2.05) is 17.5 Å². The smallest absolute Gasteiger partial charge is 0.262 e. The number of fused-ring (bicyclic) bond motifs is 2. The number of nitrogens with one attached hydrogen (secondary N) is 3. The van der Waals surface area contributed by atoms with Gasteiger partial charge in [0.05, 0.1) is 11.2 Å². The third-order valence-electron chi connectivity index (χ3n) is 5.28. The number of nitrogens with two attached hydrogens (primary N) is 1. The molecule has 0 saturated carbocycles. The van der Waals surface area contributed by atoms with Crippen LogP contribution in [0, 0.1) is 0 Å². The Morgan fingerprint density at radius 2 is 2.04 bits per heavy atom. The van der Waals surface area contributed by atoms with Crippen molar-refractivity contribution in [2.24, 2.45) is 0 Å². The summed E-state index contributed by atoms with van der Waals surface area (Å²) in [4.78, 5) is 28.8. The molecule has 0 radical (unpaired) electrons. The van der Waals surface area contributed by atoms with Crippen molar-refractivity contribution >= 4 is 38.4 Å². The molecular formula is C19H20N6OS. The number of nitrogen functional groups attached to an aromatic ring is 1. The average molecular weight is 380 g/mol. The number of thiophene rings is 1. The van der Waals surface area contributed by atoms with Gasteiger partial charge in [-0.3, -0.25) is 4.79 Å². The van der Waals surface area contributed by atoms with Gasteiger partial charge in [-0.1, -0.05) is 0 Å². The standard InChI is InChI=1S/C19H20N6OS/c20-15-11-6-9-27-19(11)25-18(26)14(15)17-23-13-4-3-12(22-16(13)24-17)10-2-1-7-21-8-5-10/h3-4,6,9-10,21H,1-2,5,7-8H2,(H3,20,25,26)(H,22,23,24). The molecule has 8 heteroatoms. The first-order valence-corrected chi connectivity index (χ1v) is 10.1. The molecule has 4 aromatic heterocycles. The minimum atomic E-state index is -0.239. The number of nitrogens with zero attached hydrogens (tertiary/aromatic N) is 2. The van der Waals surface area contributed by atoms with E-state index in [9.17, 15) is 4.79 Å². The fourth-order valence-electron chi connectivity index (χ4n) is 3.84. The van der Waals surface area contributed by atoms with Crippen molar-refractivity contribution < 1.29 is 0 Å². The molecule has 27 heavy (non-hydrogen) atoms. The summed E-state index contributed by atoms with van der Waals surface area (Å²) in [6.07, 6.45) is 3.37. The number of rotatable bonds is 2. The molecule has 1 atom stereocenters. The van der Waals surface area contributed by atoms with E-state index in [1.165, 1.54) is 11.3 Å². The molecule has 1 fully saturated rings. The molecule has 0 amide bonds. The van der Waals surface area contributed by atoms with Crippen LogP contribution in [0.5, 0.6) is 0 Å². The van der Waals surface area contributed by atoms with Gasteiger partial charge in [0.15, 0.2) is 5.65 Å². The summed E-state index contributed by atoms with van der Waals surface area (Å²) in [5.41, 5.74) is 9.37. The van der Waals surface area contributed by atoms with Gasteiger partial charge < -0.3 is 21.0 Å². The summed E-state index contributed by atoms with van der Waals surface area (Å²) in [7, 11) is 0. The maximum atomic E-state index is 12.6. The summed E-state index contributed by atoms with van der Waals surface area (Å²) < 4.78 is 0. The van der Waals surface area contributed by atoms with Crippen molar-refractivity contribution in [2.75, 3.05) is 18.8 Å². The molecular weight excluding hydrogens is 360 g/mol. The number of aromatic amines is 2. The Labute approximate surface area is 159 Å². The maximum absolute atomic E-state index is 12.6. The summed E-state index contributed by atoms with van der Waals surface area (Å²) in [6.45, 7) is 2.08. The second-order valence-electron chi connectivity index (χ2n) is 6.98. The van der Waals surface area contributed by atoms with Crippen LogP contribution >= 0.6 is 11.3 Å². The lowest BCUT2D eigenvalue weighted by Gasteiger charge is -2.12. The van der Waals surface area contributed by atoms with Gasteiger partial charge in [0, 0.05) is 17.0 Å². The molecule has 4 aromatic rings. The Kier molecular flexibility index (Phi) is 3.95. The van der Waals surface area contributed by atoms with Crippen molar-refractivity contribution in [3.63, 3.8) is 0 Å². The molecule has 0 aromatic carbocycles. The lowest BCUT2D eigenvalue weighted by Crippen LogP contribution is -2.14. The van der Waals surface area contributed by atoms with Gasteiger partial charge in [-0.2, -0.15) is 0 Å². The number of aromatic nitrogens is 4. The van der Waals surface area contributed by atoms with E-state index in [-0.39, 0.29) is 5.56 Å². The SMILES string of the molecule is Nc1c(-c2nc3nc(C4CCCNCC4)ccc3[nH]2)c(=O)[nH]c2sccc12. The van der Waals surface area contributed by atoms with E-state index in [0.717, 1.165) is 53.8 Å². The van der Waals surface area contributed by atoms with Gasteiger partial charge >= 0.3 is 0 Å². The number of anilines is 1. The van der Waals surface area contributed by atoms with Gasteiger partial charge in [0.25, 0.3) is 5.56 Å². The highest BCUT2D eigenvalue weighted by Gasteiger charge is 2.19. The fourth-order valence-corrected chi connectivity index (χ4v) is 4.64. The van der Waals surface area contributed by atoms with Crippen LogP contribution in [0.15, 0.2) is 28.4 Å². The van der Waals surface area contributed by atoms with E-state index in [4.69, 9.17) is 10.7 Å². The summed E-state index contributed by atoms with van der Waals surface area (Å²) in [5, 5.41) is 6.19. The highest BCUT2D eigenvalue weighted by molar-refractivity contribution is 7.16. The second kappa shape index (κ2) is 6.47. The van der Waals surface area contributed by atoms with Crippen LogP contribution in [0.4, 0.5) is 5.69 Å². The maximum Gasteiger partial charge on any atom is 0.262 e. The number of hydrogen-bond donors (Lipinski definition) is 4. The third-order valence-corrected chi connectivity index (χ3v) is 6.11. The third kappa shape index (κ3) is 2.81. The lowest BCUT2D eigenvalue weighted by atomic mass is 9.96. The number of pyridine rings is 2. The zero-order chi connectivity index (χ0) is 18.4. The first kappa shape index (κ1) is 16.5. The van der Waals surface area contributed by atoms with Crippen molar-refractivity contribution in [2.45, 2.75) is 25.2 Å². The van der Waals surface area contributed by atoms with E-state index in [2.05, 4.69) is 26.3 Å². The Hall–Kier alpha value is -2.71. The highest BCUT2D eigenvalue weighted by atomic mass is 32.1. The number of hydrogen-bond acceptors (Lipinski definition) is 6. The van der Waals surface area contributed by atoms with Crippen LogP contribution in [0.2, 0.25) is 0 Å². The first-order chi connectivity index (χ1) is 13.2. The normalized spacial score (nSPS) is 18.1.